The van der Waals surface area contributed by atoms with Gasteiger partial charge in [-0.05, 0) is 12.8 Å². The molecule has 6 heteroatoms. The van der Waals surface area contributed by atoms with Crippen molar-refractivity contribution in [3.63, 3.8) is 0 Å². The normalized spacial score (nSPS) is 12.8. The van der Waals surface area contributed by atoms with Crippen molar-refractivity contribution in [3.05, 3.63) is 84.4 Å². The first kappa shape index (κ1) is 24.4. The summed E-state index contributed by atoms with van der Waals surface area (Å²) in [5.41, 5.74) is 5.22. The quantitative estimate of drug-likeness (QED) is 0.314. The smallest absolute Gasteiger partial charge is 0.173 e. The molecule has 0 unspecified atom stereocenters. The second kappa shape index (κ2) is 11.5. The topological polar surface area (TPSA) is 14.2 Å². The summed E-state index contributed by atoms with van der Waals surface area (Å²) < 4.78 is 4.47. The van der Waals surface area contributed by atoms with Gasteiger partial charge in [-0.15, -0.1) is 0 Å². The highest BCUT2D eigenvalue weighted by Gasteiger charge is 2.13. The largest absolute Gasteiger partial charge is 1.00 e. The zero-order valence-corrected chi connectivity index (χ0v) is 20.9. The minimum Gasteiger partial charge on any atom is -1.00 e. The van der Waals surface area contributed by atoms with E-state index in [1.165, 1.54) is 48.4 Å². The van der Waals surface area contributed by atoms with E-state index in [-0.39, 0.29) is 34.0 Å². The first-order valence-electron chi connectivity index (χ1n) is 10.2. The van der Waals surface area contributed by atoms with Crippen molar-refractivity contribution in [2.75, 3.05) is 37.0 Å². The van der Waals surface area contributed by atoms with Crippen LogP contribution in [0.5, 0.6) is 0 Å². The van der Waals surface area contributed by atoms with Gasteiger partial charge in [0.15, 0.2) is 37.9 Å². The Morgan fingerprint density at radius 2 is 1.13 bits per heavy atom. The average Bonchev–Trinajstić information content (AvgIpc) is 3.25. The predicted octanol–water partition coefficient (Wildman–Crippen LogP) is -2.97. The van der Waals surface area contributed by atoms with Gasteiger partial charge in [-0.3, -0.25) is 0 Å². The zero-order chi connectivity index (χ0) is 19.3. The van der Waals surface area contributed by atoms with Gasteiger partial charge >= 0.3 is 0 Å². The maximum Gasteiger partial charge on any atom is 0.173 e. The molecule has 0 aliphatic carbocycles. The van der Waals surface area contributed by atoms with E-state index in [4.69, 9.17) is 0 Å². The zero-order valence-electron chi connectivity index (χ0n) is 17.7. The molecular formula is C24H30Br2N4. The summed E-state index contributed by atoms with van der Waals surface area (Å²) in [4.78, 5) is 4.59. The molecule has 160 valence electrons. The molecule has 0 radical (unpaired) electrons. The second-order valence-electron chi connectivity index (χ2n) is 7.86. The number of benzene rings is 1. The van der Waals surface area contributed by atoms with E-state index >= 15 is 0 Å². The molecule has 0 bridgehead atoms. The van der Waals surface area contributed by atoms with Gasteiger partial charge in [0.1, 0.15) is 0 Å². The SMILES string of the molecule is CN(C)c1cc[n+](Cc2ccc(C[n+]3ccc(N4CCCC4)cc3)cc2)cc1.[Br-].[Br-]. The fourth-order valence-corrected chi connectivity index (χ4v) is 3.77. The Morgan fingerprint density at radius 1 is 0.700 bits per heavy atom. The van der Waals surface area contributed by atoms with Crippen LogP contribution in [-0.2, 0) is 13.1 Å². The van der Waals surface area contributed by atoms with Gasteiger partial charge in [0.05, 0.1) is 0 Å². The molecule has 1 aromatic carbocycles. The lowest BCUT2D eigenvalue weighted by Gasteiger charge is -2.16. The van der Waals surface area contributed by atoms with Crippen LogP contribution in [0.25, 0.3) is 0 Å². The molecule has 2 aromatic heterocycles. The summed E-state index contributed by atoms with van der Waals surface area (Å²) >= 11 is 0. The molecule has 0 amide bonds. The first-order valence-corrected chi connectivity index (χ1v) is 10.2. The Kier molecular flexibility index (Phi) is 9.31. The fourth-order valence-electron chi connectivity index (χ4n) is 3.77. The van der Waals surface area contributed by atoms with Crippen molar-refractivity contribution in [2.24, 2.45) is 0 Å². The molecule has 4 rings (SSSR count). The van der Waals surface area contributed by atoms with Gasteiger partial charge in [-0.25, -0.2) is 9.13 Å². The van der Waals surface area contributed by atoms with Crippen LogP contribution in [0.1, 0.15) is 24.0 Å². The van der Waals surface area contributed by atoms with Crippen molar-refractivity contribution in [1.29, 1.82) is 0 Å². The number of nitrogens with zero attached hydrogens (tertiary/aromatic N) is 4. The monoisotopic (exact) mass is 532 g/mol. The van der Waals surface area contributed by atoms with Gasteiger partial charge in [-0.2, -0.15) is 0 Å². The van der Waals surface area contributed by atoms with Crippen LogP contribution in [0.15, 0.2) is 73.3 Å². The minimum absolute atomic E-state index is 0. The van der Waals surface area contributed by atoms with E-state index in [9.17, 15) is 0 Å². The van der Waals surface area contributed by atoms with E-state index in [1.54, 1.807) is 0 Å². The summed E-state index contributed by atoms with van der Waals surface area (Å²) in [6, 6.07) is 17.7. The van der Waals surface area contributed by atoms with E-state index in [2.05, 4.69) is 106 Å². The molecule has 0 spiro atoms. The Hall–Kier alpha value is -1.92. The maximum absolute atomic E-state index is 2.47. The van der Waals surface area contributed by atoms with Gasteiger partial charge in [0.25, 0.3) is 0 Å². The third-order valence-corrected chi connectivity index (χ3v) is 5.49. The number of hydrogen-bond donors (Lipinski definition) is 0. The molecule has 3 heterocycles. The van der Waals surface area contributed by atoms with Crippen LogP contribution in [0.3, 0.4) is 0 Å². The van der Waals surface area contributed by atoms with Crippen molar-refractivity contribution >= 4 is 11.4 Å². The highest BCUT2D eigenvalue weighted by Crippen LogP contribution is 2.18. The van der Waals surface area contributed by atoms with Crippen LogP contribution in [-0.4, -0.2) is 27.2 Å². The van der Waals surface area contributed by atoms with Crippen LogP contribution in [0, 0.1) is 0 Å². The maximum atomic E-state index is 2.47. The number of rotatable bonds is 6. The molecule has 1 fully saturated rings. The molecule has 0 N–H and O–H groups in total. The Bertz CT molecular complexity index is 888. The van der Waals surface area contributed by atoms with E-state index in [0.29, 0.717) is 0 Å². The third kappa shape index (κ3) is 6.29. The number of aromatic nitrogens is 2. The van der Waals surface area contributed by atoms with Crippen LogP contribution in [0.4, 0.5) is 11.4 Å². The van der Waals surface area contributed by atoms with Crippen LogP contribution < -0.4 is 52.9 Å². The number of halogens is 2. The molecule has 30 heavy (non-hydrogen) atoms. The van der Waals surface area contributed by atoms with Crippen molar-refractivity contribution in [2.45, 2.75) is 25.9 Å². The average molecular weight is 534 g/mol. The highest BCUT2D eigenvalue weighted by molar-refractivity contribution is 5.44. The van der Waals surface area contributed by atoms with Crippen molar-refractivity contribution < 1.29 is 43.1 Å². The summed E-state index contributed by atoms with van der Waals surface area (Å²) in [6.07, 6.45) is 11.3. The fraction of sp³-hybridized carbons (Fsp3) is 0.333. The Labute approximate surface area is 201 Å². The lowest BCUT2D eigenvalue weighted by atomic mass is 10.1. The predicted molar refractivity (Wildman–Crippen MR) is 114 cm³/mol. The summed E-state index contributed by atoms with van der Waals surface area (Å²) in [5, 5.41) is 0. The highest BCUT2D eigenvalue weighted by atomic mass is 79.9. The van der Waals surface area contributed by atoms with Gasteiger partial charge in [-0.1, -0.05) is 24.3 Å². The minimum atomic E-state index is 0. The van der Waals surface area contributed by atoms with E-state index in [1.807, 2.05) is 0 Å². The number of anilines is 2. The molecule has 4 nitrogen and oxygen atoms in total. The second-order valence-corrected chi connectivity index (χ2v) is 7.86. The van der Waals surface area contributed by atoms with Crippen LogP contribution >= 0.6 is 0 Å². The molecule has 0 atom stereocenters. The summed E-state index contributed by atoms with van der Waals surface area (Å²) in [7, 11) is 4.13. The molecule has 0 saturated carbocycles. The molecule has 1 saturated heterocycles. The lowest BCUT2D eigenvalue weighted by molar-refractivity contribution is -0.688. The molecular weight excluding hydrogens is 504 g/mol. The Balaban J connectivity index is 0.00000160. The van der Waals surface area contributed by atoms with Crippen molar-refractivity contribution in [1.82, 2.24) is 0 Å². The van der Waals surface area contributed by atoms with E-state index < -0.39 is 0 Å². The lowest BCUT2D eigenvalue weighted by Crippen LogP contribution is -3.00. The molecule has 3 aromatic rings. The standard InChI is InChI=1S/C24H30N4.2BrH/c1-25(2)23-9-15-26(16-10-23)19-21-5-7-22(8-6-21)20-27-17-11-24(12-18-27)28-13-3-4-14-28;;/h5-12,15-18H,3-4,13-14,19-20H2,1-2H3;2*1H/q+2;;/p-2. The van der Waals surface area contributed by atoms with E-state index in [0.717, 1.165) is 13.1 Å². The van der Waals surface area contributed by atoms with Gasteiger partial charge in [0.2, 0.25) is 0 Å². The summed E-state index contributed by atoms with van der Waals surface area (Å²) in [6.45, 7) is 4.19. The third-order valence-electron chi connectivity index (χ3n) is 5.49. The first-order chi connectivity index (χ1) is 13.7. The molecule has 1 aliphatic rings. The van der Waals surface area contributed by atoms with Crippen molar-refractivity contribution in [3.8, 4) is 0 Å². The Morgan fingerprint density at radius 3 is 1.57 bits per heavy atom. The van der Waals surface area contributed by atoms with Crippen LogP contribution in [0.2, 0.25) is 0 Å². The summed E-state index contributed by atoms with van der Waals surface area (Å²) in [5.74, 6) is 0. The number of pyridine rings is 2. The van der Waals surface area contributed by atoms with Gasteiger partial charge in [0, 0.05) is 74.0 Å². The van der Waals surface area contributed by atoms with Gasteiger partial charge < -0.3 is 43.8 Å². The molecule has 1 aliphatic heterocycles. The number of hydrogen-bond acceptors (Lipinski definition) is 2.